The number of hydrogen-bond donors (Lipinski definition) is 3. The highest BCUT2D eigenvalue weighted by Gasteiger charge is 2.23. The normalized spacial score (nSPS) is 14.6. The van der Waals surface area contributed by atoms with Crippen LogP contribution in [0.2, 0.25) is 0 Å². The fourth-order valence-electron chi connectivity index (χ4n) is 3.89. The predicted octanol–water partition coefficient (Wildman–Crippen LogP) is 4.64. The molecule has 0 unspecified atom stereocenters. The summed E-state index contributed by atoms with van der Waals surface area (Å²) in [6.07, 6.45) is 3.58. The summed E-state index contributed by atoms with van der Waals surface area (Å²) in [6.45, 7) is 0. The molecule has 3 aromatic carbocycles. The minimum Gasteiger partial charge on any atom is -0.478 e. The Morgan fingerprint density at radius 2 is 1.69 bits per heavy atom. The smallest absolute Gasteiger partial charge is 0.337 e. The molecule has 11 heteroatoms. The van der Waals surface area contributed by atoms with E-state index in [0.717, 1.165) is 42.2 Å². The van der Waals surface area contributed by atoms with Crippen LogP contribution in [0.25, 0.3) is 0 Å². The molecule has 0 spiro atoms. The quantitative estimate of drug-likeness (QED) is 0.246. The van der Waals surface area contributed by atoms with E-state index in [0.29, 0.717) is 6.42 Å². The molecule has 0 amide bonds. The summed E-state index contributed by atoms with van der Waals surface area (Å²) in [7, 11) is -4.30. The number of nitro groups is 1. The van der Waals surface area contributed by atoms with Crippen LogP contribution in [0.15, 0.2) is 76.7 Å². The molecule has 0 fully saturated rings. The van der Waals surface area contributed by atoms with Crippen LogP contribution in [-0.4, -0.2) is 30.1 Å². The molecular weight excluding hydrogens is 472 g/mol. The minimum absolute atomic E-state index is 0.0362. The molecule has 180 valence electrons. The van der Waals surface area contributed by atoms with Crippen LogP contribution in [0, 0.1) is 10.1 Å². The summed E-state index contributed by atoms with van der Waals surface area (Å²) in [6, 6.07) is 16.7. The molecule has 4 rings (SSSR count). The first-order chi connectivity index (χ1) is 16.8. The number of benzene rings is 3. The second kappa shape index (κ2) is 9.94. The van der Waals surface area contributed by atoms with Crippen molar-refractivity contribution in [1.29, 1.82) is 0 Å². The van der Waals surface area contributed by atoms with Crippen molar-refractivity contribution in [3.05, 3.63) is 93.5 Å². The van der Waals surface area contributed by atoms with Gasteiger partial charge in [0.25, 0.3) is 15.7 Å². The maximum Gasteiger partial charge on any atom is 0.337 e. The number of anilines is 2. The van der Waals surface area contributed by atoms with Crippen LogP contribution < -0.4 is 10.1 Å². The fraction of sp³-hybridized carbons (Fsp3) is 0.167. The lowest BCUT2D eigenvalue weighted by Crippen LogP contribution is -2.16. The van der Waals surface area contributed by atoms with Crippen molar-refractivity contribution in [2.75, 3.05) is 10.1 Å². The van der Waals surface area contributed by atoms with E-state index in [4.69, 9.17) is 0 Å². The Hall–Kier alpha value is -4.25. The number of fused-ring (bicyclic) bond motifs is 1. The van der Waals surface area contributed by atoms with Crippen LogP contribution in [-0.2, 0) is 16.4 Å². The van der Waals surface area contributed by atoms with Gasteiger partial charge in [-0.25, -0.2) is 13.2 Å². The largest absolute Gasteiger partial charge is 0.478 e. The molecule has 35 heavy (non-hydrogen) atoms. The van der Waals surface area contributed by atoms with E-state index in [-0.39, 0.29) is 21.8 Å². The number of rotatable bonds is 7. The van der Waals surface area contributed by atoms with Crippen LogP contribution >= 0.6 is 0 Å². The minimum atomic E-state index is -4.30. The van der Waals surface area contributed by atoms with Crippen molar-refractivity contribution in [1.82, 2.24) is 0 Å². The molecule has 0 aromatic heterocycles. The Balaban J connectivity index is 1.65. The van der Waals surface area contributed by atoms with Gasteiger partial charge in [0.2, 0.25) is 0 Å². The van der Waals surface area contributed by atoms with Crippen molar-refractivity contribution >= 4 is 38.8 Å². The van der Waals surface area contributed by atoms with E-state index in [1.54, 1.807) is 0 Å². The molecule has 10 nitrogen and oxygen atoms in total. The summed E-state index contributed by atoms with van der Waals surface area (Å²) >= 11 is 0. The van der Waals surface area contributed by atoms with E-state index in [9.17, 15) is 28.4 Å². The molecule has 0 saturated carbocycles. The van der Waals surface area contributed by atoms with E-state index in [2.05, 4.69) is 15.2 Å². The number of hydrazone groups is 1. The van der Waals surface area contributed by atoms with Crippen molar-refractivity contribution in [2.45, 2.75) is 30.6 Å². The fourth-order valence-corrected chi connectivity index (χ4v) is 4.99. The average Bonchev–Trinajstić information content (AvgIpc) is 3.04. The van der Waals surface area contributed by atoms with Gasteiger partial charge in [-0.15, -0.1) is 0 Å². The van der Waals surface area contributed by atoms with Gasteiger partial charge in [0.1, 0.15) is 5.69 Å². The predicted molar refractivity (Wildman–Crippen MR) is 131 cm³/mol. The van der Waals surface area contributed by atoms with Gasteiger partial charge in [-0.2, -0.15) is 5.10 Å². The highest BCUT2D eigenvalue weighted by atomic mass is 32.2. The second-order valence-electron chi connectivity index (χ2n) is 7.93. The molecule has 0 heterocycles. The standard InChI is InChI=1S/C24H22N4O6S/c29-24(30)19-10-4-6-12-21(19)27-35(33,34)17-13-14-22(23(15-17)28(31)32)26-25-20-11-5-2-8-16-7-1-3-9-18(16)20/h1,3-4,6-7,9-10,12-15,26-27H,2,5,8,11H2,(H,29,30). The Morgan fingerprint density at radius 3 is 2.46 bits per heavy atom. The zero-order chi connectivity index (χ0) is 25.0. The maximum absolute atomic E-state index is 12.9. The molecule has 0 saturated heterocycles. The molecule has 0 aliphatic heterocycles. The third kappa shape index (κ3) is 5.30. The summed E-state index contributed by atoms with van der Waals surface area (Å²) in [5.74, 6) is -1.31. The van der Waals surface area contributed by atoms with E-state index >= 15 is 0 Å². The van der Waals surface area contributed by atoms with Gasteiger partial charge < -0.3 is 5.11 Å². The topological polar surface area (TPSA) is 151 Å². The first-order valence-corrected chi connectivity index (χ1v) is 12.3. The van der Waals surface area contributed by atoms with Crippen molar-refractivity contribution < 1.29 is 23.2 Å². The molecule has 0 atom stereocenters. The number of sulfonamides is 1. The number of aryl methyl sites for hydroxylation is 1. The van der Waals surface area contributed by atoms with Crippen molar-refractivity contribution in [2.24, 2.45) is 5.10 Å². The van der Waals surface area contributed by atoms with Crippen LogP contribution in [0.1, 0.15) is 40.7 Å². The zero-order valence-corrected chi connectivity index (χ0v) is 19.3. The van der Waals surface area contributed by atoms with Crippen molar-refractivity contribution in [3.8, 4) is 0 Å². The number of hydrogen-bond acceptors (Lipinski definition) is 7. The molecule has 0 bridgehead atoms. The average molecular weight is 495 g/mol. The Morgan fingerprint density at radius 1 is 0.971 bits per heavy atom. The summed E-state index contributed by atoms with van der Waals surface area (Å²) in [4.78, 5) is 22.0. The van der Waals surface area contributed by atoms with Gasteiger partial charge in [-0.1, -0.05) is 36.4 Å². The van der Waals surface area contributed by atoms with Gasteiger partial charge in [-0.3, -0.25) is 20.3 Å². The third-order valence-corrected chi connectivity index (χ3v) is 6.99. The Kier molecular flexibility index (Phi) is 6.78. The number of para-hydroxylation sites is 1. The number of nitrogens with zero attached hydrogens (tertiary/aromatic N) is 2. The molecule has 3 N–H and O–H groups in total. The van der Waals surface area contributed by atoms with Gasteiger partial charge >= 0.3 is 5.97 Å². The summed E-state index contributed by atoms with van der Waals surface area (Å²) in [5.41, 5.74) is 4.82. The highest BCUT2D eigenvalue weighted by Crippen LogP contribution is 2.30. The molecule has 1 aliphatic carbocycles. The Bertz CT molecular complexity index is 1440. The number of nitrogens with one attached hydrogen (secondary N) is 2. The highest BCUT2D eigenvalue weighted by molar-refractivity contribution is 7.92. The van der Waals surface area contributed by atoms with Crippen LogP contribution in [0.5, 0.6) is 0 Å². The Labute approximate surface area is 201 Å². The van der Waals surface area contributed by atoms with Gasteiger partial charge in [-0.05, 0) is 55.5 Å². The van der Waals surface area contributed by atoms with Crippen LogP contribution in [0.4, 0.5) is 17.1 Å². The summed E-state index contributed by atoms with van der Waals surface area (Å²) in [5, 5.41) is 25.4. The zero-order valence-electron chi connectivity index (χ0n) is 18.5. The number of aromatic carboxylic acids is 1. The van der Waals surface area contributed by atoms with Gasteiger partial charge in [0.05, 0.1) is 26.8 Å². The maximum atomic E-state index is 12.9. The van der Waals surface area contributed by atoms with E-state index in [1.807, 2.05) is 24.3 Å². The van der Waals surface area contributed by atoms with E-state index in [1.165, 1.54) is 36.4 Å². The number of nitro benzene ring substituents is 1. The monoisotopic (exact) mass is 494 g/mol. The second-order valence-corrected chi connectivity index (χ2v) is 9.61. The first kappa shape index (κ1) is 23.9. The number of carbonyl (C=O) groups is 1. The van der Waals surface area contributed by atoms with Gasteiger partial charge in [0.15, 0.2) is 0 Å². The molecule has 0 radical (unpaired) electrons. The first-order valence-electron chi connectivity index (χ1n) is 10.8. The lowest BCUT2D eigenvalue weighted by Gasteiger charge is -2.12. The van der Waals surface area contributed by atoms with Crippen LogP contribution in [0.3, 0.4) is 0 Å². The lowest BCUT2D eigenvalue weighted by atomic mass is 10.0. The molecule has 1 aliphatic rings. The number of carboxylic acid groups (broad SMARTS) is 1. The third-order valence-electron chi connectivity index (χ3n) is 5.63. The van der Waals surface area contributed by atoms with Crippen molar-refractivity contribution in [3.63, 3.8) is 0 Å². The SMILES string of the molecule is O=C(O)c1ccccc1NS(=O)(=O)c1ccc(NN=C2CCCCc3ccccc32)c([N+](=O)[O-])c1. The lowest BCUT2D eigenvalue weighted by molar-refractivity contribution is -0.384. The number of carboxylic acids is 1. The van der Waals surface area contributed by atoms with E-state index < -0.39 is 26.6 Å². The van der Waals surface area contributed by atoms with Gasteiger partial charge in [0, 0.05) is 11.6 Å². The summed E-state index contributed by atoms with van der Waals surface area (Å²) < 4.78 is 27.9. The molecule has 3 aromatic rings. The molecular formula is C24H22N4O6S.